The minimum absolute atomic E-state index is 0.500. The highest BCUT2D eigenvalue weighted by Crippen LogP contribution is 2.18. The Labute approximate surface area is 125 Å². The molecule has 0 unspecified atom stereocenters. The summed E-state index contributed by atoms with van der Waals surface area (Å²) in [6.45, 7) is 9.29. The summed E-state index contributed by atoms with van der Waals surface area (Å²) in [7, 11) is 0. The lowest BCUT2D eigenvalue weighted by molar-refractivity contribution is 0.588. The summed E-state index contributed by atoms with van der Waals surface area (Å²) < 4.78 is 0. The molecule has 0 bridgehead atoms. The van der Waals surface area contributed by atoms with Gasteiger partial charge in [-0.15, -0.1) is 11.3 Å². The Balaban J connectivity index is 2.07. The molecule has 2 aromatic rings. The first-order chi connectivity index (χ1) is 9.69. The number of hydrogen-bond donors (Lipinski definition) is 1. The van der Waals surface area contributed by atoms with Crippen LogP contribution in [0.5, 0.6) is 0 Å². The van der Waals surface area contributed by atoms with Crippen molar-refractivity contribution in [1.29, 1.82) is 0 Å². The Morgan fingerprint density at radius 2 is 2.20 bits per heavy atom. The first-order valence-electron chi connectivity index (χ1n) is 7.14. The molecule has 3 nitrogen and oxygen atoms in total. The summed E-state index contributed by atoms with van der Waals surface area (Å²) in [5.41, 5.74) is 1.29. The molecule has 0 atom stereocenters. The molecule has 0 aliphatic carbocycles. The van der Waals surface area contributed by atoms with E-state index in [-0.39, 0.29) is 0 Å². The largest absolute Gasteiger partial charge is 0.352 e. The van der Waals surface area contributed by atoms with Gasteiger partial charge in [-0.25, -0.2) is 4.98 Å². The average molecular weight is 289 g/mol. The summed E-state index contributed by atoms with van der Waals surface area (Å²) in [6.07, 6.45) is 1.91. The quantitative estimate of drug-likeness (QED) is 0.843. The van der Waals surface area contributed by atoms with Crippen molar-refractivity contribution in [3.8, 4) is 0 Å². The van der Waals surface area contributed by atoms with Crippen LogP contribution < -0.4 is 10.2 Å². The van der Waals surface area contributed by atoms with Crippen LogP contribution in [-0.2, 0) is 13.1 Å². The molecule has 0 saturated heterocycles. The average Bonchev–Trinajstić information content (AvgIpc) is 2.96. The van der Waals surface area contributed by atoms with Gasteiger partial charge in [-0.2, -0.15) is 0 Å². The second-order valence-corrected chi connectivity index (χ2v) is 6.18. The molecule has 0 fully saturated rings. The number of nitrogens with one attached hydrogen (secondary N) is 1. The van der Waals surface area contributed by atoms with Gasteiger partial charge in [0.25, 0.3) is 0 Å². The lowest BCUT2D eigenvalue weighted by atomic mass is 10.2. The molecule has 0 saturated carbocycles. The summed E-state index contributed by atoms with van der Waals surface area (Å²) in [6, 6.07) is 9.05. The molecule has 2 heterocycles. The predicted octanol–water partition coefficient (Wildman–Crippen LogP) is 3.67. The van der Waals surface area contributed by atoms with E-state index in [1.165, 1.54) is 10.4 Å². The standard InChI is InChI=1S/C16H23N3S/c1-4-19(12-15-6-5-9-20-15)16-10-14(7-8-17-16)11-18-13(2)3/h5-10,13,18H,4,11-12H2,1-3H3. The molecule has 0 amide bonds. The van der Waals surface area contributed by atoms with Gasteiger partial charge in [0.1, 0.15) is 5.82 Å². The van der Waals surface area contributed by atoms with E-state index in [4.69, 9.17) is 0 Å². The minimum Gasteiger partial charge on any atom is -0.352 e. The van der Waals surface area contributed by atoms with Gasteiger partial charge in [0, 0.05) is 30.2 Å². The highest BCUT2D eigenvalue weighted by molar-refractivity contribution is 7.09. The molecule has 0 spiro atoms. The molecule has 2 rings (SSSR count). The van der Waals surface area contributed by atoms with E-state index >= 15 is 0 Å². The molecule has 2 aromatic heterocycles. The van der Waals surface area contributed by atoms with Gasteiger partial charge in [0.05, 0.1) is 6.54 Å². The van der Waals surface area contributed by atoms with Crippen molar-refractivity contribution < 1.29 is 0 Å². The summed E-state index contributed by atoms with van der Waals surface area (Å²) in [4.78, 5) is 8.21. The van der Waals surface area contributed by atoms with E-state index in [1.807, 2.05) is 6.20 Å². The molecule has 4 heteroatoms. The SMILES string of the molecule is CCN(Cc1cccs1)c1cc(CNC(C)C)ccn1. The van der Waals surface area contributed by atoms with Crippen LogP contribution in [0.25, 0.3) is 0 Å². The zero-order valence-corrected chi connectivity index (χ0v) is 13.3. The zero-order chi connectivity index (χ0) is 14.4. The highest BCUT2D eigenvalue weighted by atomic mass is 32.1. The van der Waals surface area contributed by atoms with Gasteiger partial charge < -0.3 is 10.2 Å². The first kappa shape index (κ1) is 15.0. The Morgan fingerprint density at radius 1 is 1.35 bits per heavy atom. The lowest BCUT2D eigenvalue weighted by Crippen LogP contribution is -2.24. The Morgan fingerprint density at radius 3 is 2.85 bits per heavy atom. The Hall–Kier alpha value is -1.39. The molecule has 0 aliphatic rings. The fourth-order valence-corrected chi connectivity index (χ4v) is 2.73. The van der Waals surface area contributed by atoms with E-state index in [0.717, 1.165) is 25.5 Å². The van der Waals surface area contributed by atoms with E-state index in [9.17, 15) is 0 Å². The molecule has 0 aliphatic heterocycles. The van der Waals surface area contributed by atoms with E-state index < -0.39 is 0 Å². The second kappa shape index (κ2) is 7.41. The normalized spacial score (nSPS) is 11.0. The van der Waals surface area contributed by atoms with Gasteiger partial charge in [0.15, 0.2) is 0 Å². The van der Waals surface area contributed by atoms with Crippen LogP contribution in [0.4, 0.5) is 5.82 Å². The van der Waals surface area contributed by atoms with Gasteiger partial charge in [-0.1, -0.05) is 19.9 Å². The third-order valence-electron chi connectivity index (χ3n) is 3.16. The summed E-state index contributed by atoms with van der Waals surface area (Å²) in [5, 5.41) is 5.57. The summed E-state index contributed by atoms with van der Waals surface area (Å²) >= 11 is 1.80. The number of hydrogen-bond acceptors (Lipinski definition) is 4. The van der Waals surface area contributed by atoms with Crippen molar-refractivity contribution in [3.05, 3.63) is 46.3 Å². The maximum absolute atomic E-state index is 4.52. The lowest BCUT2D eigenvalue weighted by Gasteiger charge is -2.22. The molecular formula is C16H23N3S. The van der Waals surface area contributed by atoms with Gasteiger partial charge in [-0.3, -0.25) is 0 Å². The van der Waals surface area contributed by atoms with Crippen LogP contribution in [0, 0.1) is 0 Å². The number of pyridine rings is 1. The van der Waals surface area contributed by atoms with E-state index in [1.54, 1.807) is 11.3 Å². The van der Waals surface area contributed by atoms with Crippen molar-refractivity contribution >= 4 is 17.2 Å². The Bertz CT molecular complexity index is 508. The number of nitrogens with zero attached hydrogens (tertiary/aromatic N) is 2. The monoisotopic (exact) mass is 289 g/mol. The van der Waals surface area contributed by atoms with Crippen LogP contribution in [0.15, 0.2) is 35.8 Å². The molecular weight excluding hydrogens is 266 g/mol. The number of anilines is 1. The highest BCUT2D eigenvalue weighted by Gasteiger charge is 2.08. The maximum atomic E-state index is 4.52. The van der Waals surface area contributed by atoms with Crippen molar-refractivity contribution in [1.82, 2.24) is 10.3 Å². The number of thiophene rings is 1. The van der Waals surface area contributed by atoms with Gasteiger partial charge in [0.2, 0.25) is 0 Å². The fraction of sp³-hybridized carbons (Fsp3) is 0.438. The van der Waals surface area contributed by atoms with Gasteiger partial charge >= 0.3 is 0 Å². The maximum Gasteiger partial charge on any atom is 0.129 e. The zero-order valence-electron chi connectivity index (χ0n) is 12.5. The van der Waals surface area contributed by atoms with Crippen LogP contribution in [0.3, 0.4) is 0 Å². The van der Waals surface area contributed by atoms with Crippen LogP contribution in [0.2, 0.25) is 0 Å². The third-order valence-corrected chi connectivity index (χ3v) is 4.02. The second-order valence-electron chi connectivity index (χ2n) is 5.15. The van der Waals surface area contributed by atoms with Crippen molar-refractivity contribution in [2.75, 3.05) is 11.4 Å². The van der Waals surface area contributed by atoms with Crippen molar-refractivity contribution in [2.45, 2.75) is 39.9 Å². The van der Waals surface area contributed by atoms with E-state index in [0.29, 0.717) is 6.04 Å². The molecule has 0 aromatic carbocycles. The molecule has 108 valence electrons. The van der Waals surface area contributed by atoms with Crippen LogP contribution in [0.1, 0.15) is 31.2 Å². The first-order valence-corrected chi connectivity index (χ1v) is 8.02. The fourth-order valence-electron chi connectivity index (χ4n) is 2.01. The van der Waals surface area contributed by atoms with E-state index in [2.05, 4.69) is 65.6 Å². The van der Waals surface area contributed by atoms with Crippen LogP contribution in [-0.4, -0.2) is 17.6 Å². The smallest absolute Gasteiger partial charge is 0.129 e. The topological polar surface area (TPSA) is 28.2 Å². The molecule has 1 N–H and O–H groups in total. The van der Waals surface area contributed by atoms with Crippen LogP contribution >= 0.6 is 11.3 Å². The van der Waals surface area contributed by atoms with Crippen molar-refractivity contribution in [2.24, 2.45) is 0 Å². The molecule has 20 heavy (non-hydrogen) atoms. The summed E-state index contributed by atoms with van der Waals surface area (Å²) in [5.74, 6) is 1.06. The molecule has 0 radical (unpaired) electrons. The Kier molecular flexibility index (Phi) is 5.56. The third kappa shape index (κ3) is 4.32. The predicted molar refractivity (Wildman–Crippen MR) is 87.3 cm³/mol. The number of rotatable bonds is 7. The van der Waals surface area contributed by atoms with Gasteiger partial charge in [-0.05, 0) is 36.1 Å². The van der Waals surface area contributed by atoms with Crippen molar-refractivity contribution in [3.63, 3.8) is 0 Å². The number of aromatic nitrogens is 1. The minimum atomic E-state index is 0.500.